The quantitative estimate of drug-likeness (QED) is 0.766. The summed E-state index contributed by atoms with van der Waals surface area (Å²) in [4.78, 5) is 10.8. The molecule has 1 aliphatic rings. The molecular formula is C12H24N2O4S. The molecule has 1 heterocycles. The van der Waals surface area contributed by atoms with E-state index in [0.717, 1.165) is 6.42 Å². The van der Waals surface area contributed by atoms with Crippen LogP contribution in [-0.2, 0) is 15.0 Å². The minimum absolute atomic E-state index is 0.109. The van der Waals surface area contributed by atoms with Crippen molar-refractivity contribution in [3.05, 3.63) is 0 Å². The number of rotatable bonds is 6. The third-order valence-electron chi connectivity index (χ3n) is 3.32. The molecule has 0 aromatic rings. The molecule has 112 valence electrons. The topological polar surface area (TPSA) is 86.7 Å². The molecule has 1 rings (SSSR count). The lowest BCUT2D eigenvalue weighted by Gasteiger charge is -2.30. The van der Waals surface area contributed by atoms with Gasteiger partial charge in [-0.25, -0.2) is 0 Å². The fourth-order valence-electron chi connectivity index (χ4n) is 2.43. The van der Waals surface area contributed by atoms with Crippen molar-refractivity contribution in [2.24, 2.45) is 11.8 Å². The van der Waals surface area contributed by atoms with Gasteiger partial charge in [0.2, 0.25) is 0 Å². The minimum atomic E-state index is -3.49. The van der Waals surface area contributed by atoms with E-state index in [-0.39, 0.29) is 19.1 Å². The lowest BCUT2D eigenvalue weighted by Crippen LogP contribution is -2.48. The van der Waals surface area contributed by atoms with E-state index in [9.17, 15) is 13.2 Å². The number of carbonyl (C=O) groups is 1. The van der Waals surface area contributed by atoms with Crippen LogP contribution >= 0.6 is 0 Å². The Morgan fingerprint density at radius 1 is 1.32 bits per heavy atom. The molecule has 19 heavy (non-hydrogen) atoms. The number of hydrogen-bond acceptors (Lipinski definition) is 3. The molecule has 1 atom stereocenters. The molecule has 0 bridgehead atoms. The van der Waals surface area contributed by atoms with Gasteiger partial charge in [0.15, 0.2) is 0 Å². The van der Waals surface area contributed by atoms with Crippen LogP contribution in [-0.4, -0.2) is 42.9 Å². The number of nitrogens with one attached hydrogen (secondary N) is 1. The molecule has 1 unspecified atom stereocenters. The summed E-state index contributed by atoms with van der Waals surface area (Å²) in [5, 5.41) is 8.89. The van der Waals surface area contributed by atoms with Gasteiger partial charge in [0.05, 0.1) is 5.92 Å². The number of carboxylic acids is 1. The van der Waals surface area contributed by atoms with Gasteiger partial charge in [0.25, 0.3) is 10.2 Å². The van der Waals surface area contributed by atoms with Crippen molar-refractivity contribution in [1.29, 1.82) is 0 Å². The molecule has 0 amide bonds. The molecule has 0 aromatic heterocycles. The average Bonchev–Trinajstić information content (AvgIpc) is 2.27. The van der Waals surface area contributed by atoms with Gasteiger partial charge in [-0.3, -0.25) is 4.79 Å². The molecular weight excluding hydrogens is 268 g/mol. The maximum absolute atomic E-state index is 12.1. The standard InChI is InChI=1S/C12H24N2O4S/c1-9(2)8-10(3)13-19(17,18)14-6-4-11(5-7-14)12(15)16/h9-11,13H,4-8H2,1-3H3,(H,15,16). The second-order valence-corrected chi connectivity index (χ2v) is 7.37. The van der Waals surface area contributed by atoms with Crippen LogP contribution in [0.2, 0.25) is 0 Å². The third-order valence-corrected chi connectivity index (χ3v) is 5.06. The summed E-state index contributed by atoms with van der Waals surface area (Å²) in [6, 6.07) is -0.109. The van der Waals surface area contributed by atoms with Crippen LogP contribution in [0.3, 0.4) is 0 Å². The molecule has 7 heteroatoms. The van der Waals surface area contributed by atoms with Crippen molar-refractivity contribution >= 4 is 16.2 Å². The average molecular weight is 292 g/mol. The highest BCUT2D eigenvalue weighted by Crippen LogP contribution is 2.19. The lowest BCUT2D eigenvalue weighted by atomic mass is 9.99. The highest BCUT2D eigenvalue weighted by molar-refractivity contribution is 7.87. The van der Waals surface area contributed by atoms with Gasteiger partial charge in [0.1, 0.15) is 0 Å². The summed E-state index contributed by atoms with van der Waals surface area (Å²) >= 11 is 0. The van der Waals surface area contributed by atoms with E-state index in [0.29, 0.717) is 18.8 Å². The van der Waals surface area contributed by atoms with E-state index >= 15 is 0 Å². The Labute approximate surface area is 115 Å². The lowest BCUT2D eigenvalue weighted by molar-refractivity contribution is -0.142. The van der Waals surface area contributed by atoms with Crippen LogP contribution in [0.1, 0.15) is 40.0 Å². The number of carboxylic acid groups (broad SMARTS) is 1. The Morgan fingerprint density at radius 2 is 1.84 bits per heavy atom. The fraction of sp³-hybridized carbons (Fsp3) is 0.917. The van der Waals surface area contributed by atoms with Crippen molar-refractivity contribution in [2.75, 3.05) is 13.1 Å². The normalized spacial score (nSPS) is 20.6. The summed E-state index contributed by atoms with van der Waals surface area (Å²) in [6.45, 7) is 6.50. The third kappa shape index (κ3) is 5.08. The Balaban J connectivity index is 2.53. The Hall–Kier alpha value is -0.660. The molecule has 0 radical (unpaired) electrons. The van der Waals surface area contributed by atoms with E-state index in [1.807, 2.05) is 20.8 Å². The van der Waals surface area contributed by atoms with Crippen molar-refractivity contribution in [2.45, 2.75) is 46.1 Å². The summed E-state index contributed by atoms with van der Waals surface area (Å²) in [5.74, 6) is -0.826. The first-order valence-corrected chi connectivity index (χ1v) is 8.16. The van der Waals surface area contributed by atoms with Gasteiger partial charge in [-0.15, -0.1) is 0 Å². The van der Waals surface area contributed by atoms with Crippen molar-refractivity contribution < 1.29 is 18.3 Å². The largest absolute Gasteiger partial charge is 0.481 e. The molecule has 2 N–H and O–H groups in total. The molecule has 0 spiro atoms. The first-order valence-electron chi connectivity index (χ1n) is 6.72. The molecule has 1 aliphatic heterocycles. The second-order valence-electron chi connectivity index (χ2n) is 5.67. The highest BCUT2D eigenvalue weighted by Gasteiger charge is 2.31. The van der Waals surface area contributed by atoms with Gasteiger partial charge < -0.3 is 5.11 Å². The predicted octanol–water partition coefficient (Wildman–Crippen LogP) is 1.05. The monoisotopic (exact) mass is 292 g/mol. The van der Waals surface area contributed by atoms with Crippen LogP contribution in [0, 0.1) is 11.8 Å². The number of nitrogens with zero attached hydrogens (tertiary/aromatic N) is 1. The van der Waals surface area contributed by atoms with Crippen LogP contribution < -0.4 is 4.72 Å². The molecule has 1 saturated heterocycles. The number of hydrogen-bond donors (Lipinski definition) is 2. The van der Waals surface area contributed by atoms with Gasteiger partial charge in [0, 0.05) is 19.1 Å². The summed E-state index contributed by atoms with van der Waals surface area (Å²) < 4.78 is 28.2. The van der Waals surface area contributed by atoms with Gasteiger partial charge in [-0.2, -0.15) is 17.4 Å². The van der Waals surface area contributed by atoms with Crippen LogP contribution in [0.4, 0.5) is 0 Å². The van der Waals surface area contributed by atoms with E-state index in [1.54, 1.807) is 0 Å². The minimum Gasteiger partial charge on any atom is -0.481 e. The molecule has 0 aromatic carbocycles. The zero-order chi connectivity index (χ0) is 14.6. The van der Waals surface area contributed by atoms with E-state index < -0.39 is 22.1 Å². The zero-order valence-electron chi connectivity index (χ0n) is 11.8. The second kappa shape index (κ2) is 6.67. The summed E-state index contributed by atoms with van der Waals surface area (Å²) in [5.41, 5.74) is 0. The van der Waals surface area contributed by atoms with Crippen LogP contribution in [0.25, 0.3) is 0 Å². The number of piperidine rings is 1. The van der Waals surface area contributed by atoms with Gasteiger partial charge in [-0.05, 0) is 32.1 Å². The maximum Gasteiger partial charge on any atom is 0.306 e. The van der Waals surface area contributed by atoms with Crippen LogP contribution in [0.5, 0.6) is 0 Å². The molecule has 0 saturated carbocycles. The van der Waals surface area contributed by atoms with E-state index in [2.05, 4.69) is 4.72 Å². The fourth-order valence-corrected chi connectivity index (χ4v) is 3.87. The molecule has 0 aliphatic carbocycles. The van der Waals surface area contributed by atoms with E-state index in [4.69, 9.17) is 5.11 Å². The van der Waals surface area contributed by atoms with Gasteiger partial charge >= 0.3 is 5.97 Å². The first-order chi connectivity index (χ1) is 8.72. The maximum atomic E-state index is 12.1. The SMILES string of the molecule is CC(C)CC(C)NS(=O)(=O)N1CCC(C(=O)O)CC1. The van der Waals surface area contributed by atoms with Crippen molar-refractivity contribution in [3.8, 4) is 0 Å². The summed E-state index contributed by atoms with van der Waals surface area (Å²) in [7, 11) is -3.49. The van der Waals surface area contributed by atoms with Crippen LogP contribution in [0.15, 0.2) is 0 Å². The van der Waals surface area contributed by atoms with Crippen molar-refractivity contribution in [3.63, 3.8) is 0 Å². The Bertz CT molecular complexity index is 400. The van der Waals surface area contributed by atoms with E-state index in [1.165, 1.54) is 4.31 Å². The summed E-state index contributed by atoms with van der Waals surface area (Å²) in [6.07, 6.45) is 1.55. The molecule has 1 fully saturated rings. The number of aliphatic carboxylic acids is 1. The Morgan fingerprint density at radius 3 is 2.26 bits per heavy atom. The predicted molar refractivity (Wildman–Crippen MR) is 72.9 cm³/mol. The first kappa shape index (κ1) is 16.4. The smallest absolute Gasteiger partial charge is 0.306 e. The Kier molecular flexibility index (Phi) is 5.76. The zero-order valence-corrected chi connectivity index (χ0v) is 12.6. The highest BCUT2D eigenvalue weighted by atomic mass is 32.2. The van der Waals surface area contributed by atoms with Crippen molar-refractivity contribution in [1.82, 2.24) is 9.03 Å². The van der Waals surface area contributed by atoms with Gasteiger partial charge in [-0.1, -0.05) is 13.8 Å². The molecule has 6 nitrogen and oxygen atoms in total.